The molecule has 23 heavy (non-hydrogen) atoms. The van der Waals surface area contributed by atoms with Gasteiger partial charge in [0, 0.05) is 38.6 Å². The van der Waals surface area contributed by atoms with Crippen molar-refractivity contribution in [2.75, 3.05) is 26.2 Å². The van der Waals surface area contributed by atoms with Gasteiger partial charge in [0.15, 0.2) is 0 Å². The van der Waals surface area contributed by atoms with Crippen molar-refractivity contribution < 1.29 is 4.79 Å². The third kappa shape index (κ3) is 5.20. The zero-order chi connectivity index (χ0) is 15.9. The van der Waals surface area contributed by atoms with Crippen molar-refractivity contribution in [1.82, 2.24) is 9.80 Å². The number of carbonyl (C=O) groups is 1. The largest absolute Gasteiger partial charge is 0.340 e. The number of unbranched alkanes of at least 4 members (excludes halogenated alkanes) is 1. The molecule has 1 saturated heterocycles. The topological polar surface area (TPSA) is 23.6 Å². The van der Waals surface area contributed by atoms with Crippen molar-refractivity contribution in [3.63, 3.8) is 0 Å². The molecule has 1 heterocycles. The minimum absolute atomic E-state index is 0.416. The third-order valence-corrected chi connectivity index (χ3v) is 6.49. The van der Waals surface area contributed by atoms with Crippen LogP contribution in [-0.2, 0) is 4.79 Å². The van der Waals surface area contributed by atoms with Crippen molar-refractivity contribution in [2.45, 2.75) is 89.5 Å². The summed E-state index contributed by atoms with van der Waals surface area (Å²) in [5.41, 5.74) is 0. The van der Waals surface area contributed by atoms with Gasteiger partial charge >= 0.3 is 0 Å². The summed E-state index contributed by atoms with van der Waals surface area (Å²) in [6.07, 6.45) is 17.3. The van der Waals surface area contributed by atoms with Crippen molar-refractivity contribution >= 4 is 5.91 Å². The van der Waals surface area contributed by atoms with Crippen LogP contribution in [0.15, 0.2) is 0 Å². The SMILES string of the molecule is O=C(CCCCC1CCCCC1)N1CCN(C2CCCC2)CC1. The highest BCUT2D eigenvalue weighted by atomic mass is 16.2. The Morgan fingerprint density at radius 1 is 0.783 bits per heavy atom. The molecule has 3 rings (SSSR count). The number of carbonyl (C=O) groups excluding carboxylic acids is 1. The minimum Gasteiger partial charge on any atom is -0.340 e. The molecule has 0 aromatic heterocycles. The van der Waals surface area contributed by atoms with Gasteiger partial charge in [-0.2, -0.15) is 0 Å². The second-order valence-electron chi connectivity index (χ2n) is 8.10. The molecule has 1 amide bonds. The number of hydrogen-bond donors (Lipinski definition) is 0. The molecule has 132 valence electrons. The van der Waals surface area contributed by atoms with E-state index >= 15 is 0 Å². The van der Waals surface area contributed by atoms with E-state index in [2.05, 4.69) is 9.80 Å². The Balaban J connectivity index is 1.27. The Morgan fingerprint density at radius 2 is 1.43 bits per heavy atom. The van der Waals surface area contributed by atoms with E-state index in [4.69, 9.17) is 0 Å². The molecule has 0 spiro atoms. The molecular weight excluding hydrogens is 284 g/mol. The quantitative estimate of drug-likeness (QED) is 0.684. The van der Waals surface area contributed by atoms with Crippen LogP contribution in [0, 0.1) is 5.92 Å². The lowest BCUT2D eigenvalue weighted by Gasteiger charge is -2.38. The summed E-state index contributed by atoms with van der Waals surface area (Å²) >= 11 is 0. The molecule has 0 aromatic rings. The maximum Gasteiger partial charge on any atom is 0.222 e. The number of amides is 1. The molecular formula is C20H36N2O. The first-order valence-corrected chi connectivity index (χ1v) is 10.3. The van der Waals surface area contributed by atoms with Crippen LogP contribution in [-0.4, -0.2) is 47.9 Å². The Labute approximate surface area is 142 Å². The molecule has 0 bridgehead atoms. The van der Waals surface area contributed by atoms with Crippen LogP contribution in [0.1, 0.15) is 83.5 Å². The van der Waals surface area contributed by atoms with Gasteiger partial charge in [-0.25, -0.2) is 0 Å². The first kappa shape index (κ1) is 17.3. The number of piperazine rings is 1. The van der Waals surface area contributed by atoms with Crippen molar-refractivity contribution in [3.05, 3.63) is 0 Å². The molecule has 0 aromatic carbocycles. The van der Waals surface area contributed by atoms with Crippen LogP contribution < -0.4 is 0 Å². The van der Waals surface area contributed by atoms with E-state index in [0.717, 1.165) is 51.0 Å². The second-order valence-corrected chi connectivity index (χ2v) is 8.10. The van der Waals surface area contributed by atoms with E-state index in [9.17, 15) is 4.79 Å². The molecule has 3 nitrogen and oxygen atoms in total. The zero-order valence-corrected chi connectivity index (χ0v) is 15.0. The Hall–Kier alpha value is -0.570. The lowest BCUT2D eigenvalue weighted by Crippen LogP contribution is -2.51. The van der Waals surface area contributed by atoms with Gasteiger partial charge in [-0.15, -0.1) is 0 Å². The zero-order valence-electron chi connectivity index (χ0n) is 15.0. The summed E-state index contributed by atoms with van der Waals surface area (Å²) in [5, 5.41) is 0. The maximum atomic E-state index is 12.4. The van der Waals surface area contributed by atoms with Crippen molar-refractivity contribution in [1.29, 1.82) is 0 Å². The summed E-state index contributed by atoms with van der Waals surface area (Å²) < 4.78 is 0. The van der Waals surface area contributed by atoms with Crippen LogP contribution in [0.5, 0.6) is 0 Å². The van der Waals surface area contributed by atoms with Crippen LogP contribution in [0.2, 0.25) is 0 Å². The highest BCUT2D eigenvalue weighted by Crippen LogP contribution is 2.28. The van der Waals surface area contributed by atoms with Gasteiger partial charge in [-0.05, 0) is 25.2 Å². The fraction of sp³-hybridized carbons (Fsp3) is 0.950. The number of rotatable bonds is 6. The van der Waals surface area contributed by atoms with E-state index in [0.29, 0.717) is 5.91 Å². The molecule has 0 atom stereocenters. The predicted octanol–water partition coefficient (Wildman–Crippen LogP) is 4.21. The highest BCUT2D eigenvalue weighted by Gasteiger charge is 2.27. The molecule has 3 fully saturated rings. The summed E-state index contributed by atoms with van der Waals surface area (Å²) in [6.45, 7) is 4.16. The average molecular weight is 321 g/mol. The van der Waals surface area contributed by atoms with Gasteiger partial charge < -0.3 is 4.90 Å². The van der Waals surface area contributed by atoms with E-state index in [1.54, 1.807) is 0 Å². The first-order valence-electron chi connectivity index (χ1n) is 10.3. The second kappa shape index (κ2) is 9.05. The molecule has 0 N–H and O–H groups in total. The predicted molar refractivity (Wildman–Crippen MR) is 95.5 cm³/mol. The van der Waals surface area contributed by atoms with Gasteiger partial charge in [0.25, 0.3) is 0 Å². The van der Waals surface area contributed by atoms with E-state index in [1.807, 2.05) is 0 Å². The summed E-state index contributed by atoms with van der Waals surface area (Å²) in [6, 6.07) is 0.822. The van der Waals surface area contributed by atoms with Crippen LogP contribution >= 0.6 is 0 Å². The highest BCUT2D eigenvalue weighted by molar-refractivity contribution is 5.76. The van der Waals surface area contributed by atoms with E-state index < -0.39 is 0 Å². The fourth-order valence-corrected chi connectivity index (χ4v) is 4.95. The van der Waals surface area contributed by atoms with E-state index in [1.165, 1.54) is 70.6 Å². The smallest absolute Gasteiger partial charge is 0.222 e. The Bertz CT molecular complexity index is 351. The lowest BCUT2D eigenvalue weighted by atomic mass is 9.85. The Kier molecular flexibility index (Phi) is 6.79. The van der Waals surface area contributed by atoms with Gasteiger partial charge in [0.1, 0.15) is 0 Å². The van der Waals surface area contributed by atoms with Crippen molar-refractivity contribution in [2.24, 2.45) is 5.92 Å². The van der Waals surface area contributed by atoms with Gasteiger partial charge in [-0.3, -0.25) is 9.69 Å². The minimum atomic E-state index is 0.416. The molecule has 0 radical (unpaired) electrons. The lowest BCUT2D eigenvalue weighted by molar-refractivity contribution is -0.133. The third-order valence-electron chi connectivity index (χ3n) is 6.49. The van der Waals surface area contributed by atoms with E-state index in [-0.39, 0.29) is 0 Å². The first-order chi connectivity index (χ1) is 11.3. The normalized spacial score (nSPS) is 25.1. The molecule has 3 heteroatoms. The molecule has 0 unspecified atom stereocenters. The van der Waals surface area contributed by atoms with Crippen LogP contribution in [0.4, 0.5) is 0 Å². The maximum absolute atomic E-state index is 12.4. The average Bonchev–Trinajstić information content (AvgIpc) is 3.14. The Morgan fingerprint density at radius 3 is 2.13 bits per heavy atom. The van der Waals surface area contributed by atoms with Crippen LogP contribution in [0.3, 0.4) is 0 Å². The van der Waals surface area contributed by atoms with Gasteiger partial charge in [-0.1, -0.05) is 57.8 Å². The summed E-state index contributed by atoms with van der Waals surface area (Å²) in [7, 11) is 0. The number of hydrogen-bond acceptors (Lipinski definition) is 2. The molecule has 3 aliphatic rings. The monoisotopic (exact) mass is 320 g/mol. The molecule has 2 aliphatic carbocycles. The fourth-order valence-electron chi connectivity index (χ4n) is 4.95. The van der Waals surface area contributed by atoms with Crippen molar-refractivity contribution in [3.8, 4) is 0 Å². The van der Waals surface area contributed by atoms with Gasteiger partial charge in [0.05, 0.1) is 0 Å². The van der Waals surface area contributed by atoms with Gasteiger partial charge in [0.2, 0.25) is 5.91 Å². The number of nitrogens with zero attached hydrogens (tertiary/aromatic N) is 2. The molecule has 2 saturated carbocycles. The molecule has 1 aliphatic heterocycles. The summed E-state index contributed by atoms with van der Waals surface area (Å²) in [4.78, 5) is 17.2. The van der Waals surface area contributed by atoms with Crippen LogP contribution in [0.25, 0.3) is 0 Å². The standard InChI is InChI=1S/C20H36N2O/c23-20(13-7-4-10-18-8-2-1-3-9-18)22-16-14-21(15-17-22)19-11-5-6-12-19/h18-19H,1-17H2. The summed E-state index contributed by atoms with van der Waals surface area (Å²) in [5.74, 6) is 1.38.